The highest BCUT2D eigenvalue weighted by Gasteiger charge is 2.11. The molecule has 0 spiro atoms. The number of aromatic nitrogens is 2. The van der Waals surface area contributed by atoms with Gasteiger partial charge in [-0.2, -0.15) is 0 Å². The van der Waals surface area contributed by atoms with E-state index in [0.29, 0.717) is 5.56 Å². The van der Waals surface area contributed by atoms with Gasteiger partial charge in [0.05, 0.1) is 0 Å². The number of phenols is 1. The number of hydrogen-bond donors (Lipinski definition) is 4. The molecule has 0 bridgehead atoms. The fourth-order valence-corrected chi connectivity index (χ4v) is 1.51. The van der Waals surface area contributed by atoms with E-state index in [1.54, 1.807) is 18.2 Å². The van der Waals surface area contributed by atoms with Gasteiger partial charge in [-0.15, -0.1) is 0 Å². The number of H-pyrrole nitrogens is 2. The average molecular weight is 261 g/mol. The van der Waals surface area contributed by atoms with Gasteiger partial charge in [-0.3, -0.25) is 14.6 Å². The molecule has 7 heteroatoms. The molecule has 0 unspecified atom stereocenters. The molecule has 0 saturated carbocycles. The van der Waals surface area contributed by atoms with E-state index in [9.17, 15) is 19.5 Å². The molecule has 1 aromatic carbocycles. The second-order valence-electron chi connectivity index (χ2n) is 3.80. The Morgan fingerprint density at radius 2 is 2.00 bits per heavy atom. The number of aromatic amines is 2. The number of nitrogens with one attached hydrogen (secondary N) is 3. The molecule has 0 aliphatic rings. The first-order valence-electron chi connectivity index (χ1n) is 5.45. The van der Waals surface area contributed by atoms with Crippen LogP contribution in [0.4, 0.5) is 0 Å². The van der Waals surface area contributed by atoms with Crippen LogP contribution in [-0.2, 0) is 6.54 Å². The first-order valence-corrected chi connectivity index (χ1v) is 5.45. The Balaban J connectivity index is 2.12. The molecule has 1 amide bonds. The zero-order valence-corrected chi connectivity index (χ0v) is 9.77. The van der Waals surface area contributed by atoms with Gasteiger partial charge < -0.3 is 15.4 Å². The number of rotatable bonds is 3. The van der Waals surface area contributed by atoms with Crippen molar-refractivity contribution in [1.82, 2.24) is 15.3 Å². The minimum absolute atomic E-state index is 0.0539. The molecule has 0 radical (unpaired) electrons. The maximum absolute atomic E-state index is 11.7. The number of phenolic OH excluding ortho intramolecular Hbond substituents is 1. The normalized spacial score (nSPS) is 10.1. The van der Waals surface area contributed by atoms with Gasteiger partial charge in [0.2, 0.25) is 0 Å². The lowest BCUT2D eigenvalue weighted by atomic mass is 10.2. The van der Waals surface area contributed by atoms with E-state index in [4.69, 9.17) is 0 Å². The molecular weight excluding hydrogens is 250 g/mol. The first kappa shape index (κ1) is 12.6. The van der Waals surface area contributed by atoms with Crippen LogP contribution in [0.1, 0.15) is 15.9 Å². The van der Waals surface area contributed by atoms with Gasteiger partial charge in [0.25, 0.3) is 11.5 Å². The summed E-state index contributed by atoms with van der Waals surface area (Å²) >= 11 is 0. The molecule has 98 valence electrons. The van der Waals surface area contributed by atoms with Crippen molar-refractivity contribution in [2.75, 3.05) is 0 Å². The van der Waals surface area contributed by atoms with Crippen molar-refractivity contribution in [2.45, 2.75) is 6.54 Å². The van der Waals surface area contributed by atoms with E-state index in [0.717, 1.165) is 6.20 Å². The van der Waals surface area contributed by atoms with Crippen LogP contribution in [-0.4, -0.2) is 21.0 Å². The van der Waals surface area contributed by atoms with E-state index >= 15 is 0 Å². The molecule has 1 heterocycles. The predicted octanol–water partition coefficient (Wildman–Crippen LogP) is -0.301. The lowest BCUT2D eigenvalue weighted by Crippen LogP contribution is -2.33. The van der Waals surface area contributed by atoms with Crippen LogP contribution in [0, 0.1) is 0 Å². The van der Waals surface area contributed by atoms with Crippen molar-refractivity contribution < 1.29 is 9.90 Å². The molecule has 0 aliphatic carbocycles. The van der Waals surface area contributed by atoms with Crippen molar-refractivity contribution in [1.29, 1.82) is 0 Å². The number of amides is 1. The Hall–Kier alpha value is -2.83. The predicted molar refractivity (Wildman–Crippen MR) is 67.0 cm³/mol. The van der Waals surface area contributed by atoms with Crippen LogP contribution in [0.5, 0.6) is 5.75 Å². The number of carbonyl (C=O) groups excluding carboxylic acids is 1. The molecule has 2 rings (SSSR count). The number of hydrogen-bond acceptors (Lipinski definition) is 4. The molecule has 0 saturated heterocycles. The van der Waals surface area contributed by atoms with E-state index in [1.807, 2.05) is 4.98 Å². The number of benzene rings is 1. The van der Waals surface area contributed by atoms with Crippen molar-refractivity contribution in [3.8, 4) is 5.75 Å². The van der Waals surface area contributed by atoms with Gasteiger partial charge in [0, 0.05) is 18.3 Å². The first-order chi connectivity index (χ1) is 9.08. The second kappa shape index (κ2) is 5.21. The van der Waals surface area contributed by atoms with Crippen LogP contribution in [0.3, 0.4) is 0 Å². The van der Waals surface area contributed by atoms with E-state index in [-0.39, 0.29) is 17.9 Å². The number of para-hydroxylation sites is 1. The lowest BCUT2D eigenvalue weighted by molar-refractivity contribution is 0.0948. The Kier molecular flexibility index (Phi) is 3.46. The topological polar surface area (TPSA) is 115 Å². The third-order valence-electron chi connectivity index (χ3n) is 2.49. The summed E-state index contributed by atoms with van der Waals surface area (Å²) in [7, 11) is 0. The van der Waals surface area contributed by atoms with E-state index in [2.05, 4.69) is 10.3 Å². The summed E-state index contributed by atoms with van der Waals surface area (Å²) in [6.45, 7) is 0.0735. The van der Waals surface area contributed by atoms with Gasteiger partial charge in [-0.1, -0.05) is 18.2 Å². The van der Waals surface area contributed by atoms with Crippen LogP contribution < -0.4 is 16.6 Å². The van der Waals surface area contributed by atoms with Crippen LogP contribution >= 0.6 is 0 Å². The van der Waals surface area contributed by atoms with Gasteiger partial charge >= 0.3 is 5.69 Å². The zero-order valence-electron chi connectivity index (χ0n) is 9.77. The Labute approximate surface area is 106 Å². The molecule has 0 aliphatic heterocycles. The lowest BCUT2D eigenvalue weighted by Gasteiger charge is -2.06. The minimum Gasteiger partial charge on any atom is -0.508 e. The summed E-state index contributed by atoms with van der Waals surface area (Å²) in [6, 6.07) is 6.52. The minimum atomic E-state index is -0.765. The fraction of sp³-hybridized carbons (Fsp3) is 0.0833. The summed E-state index contributed by atoms with van der Waals surface area (Å²) < 4.78 is 0. The molecular formula is C12H11N3O4. The Bertz CT molecular complexity index is 717. The van der Waals surface area contributed by atoms with Gasteiger partial charge in [0.1, 0.15) is 11.3 Å². The number of carbonyl (C=O) groups is 1. The summed E-state index contributed by atoms with van der Waals surface area (Å²) in [6.07, 6.45) is 1.04. The highest BCUT2D eigenvalue weighted by molar-refractivity contribution is 5.93. The maximum Gasteiger partial charge on any atom is 0.325 e. The monoisotopic (exact) mass is 261 g/mol. The zero-order chi connectivity index (χ0) is 13.8. The van der Waals surface area contributed by atoms with Crippen molar-refractivity contribution in [3.05, 3.63) is 62.4 Å². The van der Waals surface area contributed by atoms with Crippen molar-refractivity contribution >= 4 is 5.91 Å². The van der Waals surface area contributed by atoms with E-state index in [1.165, 1.54) is 6.07 Å². The third-order valence-corrected chi connectivity index (χ3v) is 2.49. The molecule has 0 fully saturated rings. The van der Waals surface area contributed by atoms with E-state index < -0.39 is 17.2 Å². The van der Waals surface area contributed by atoms with Gasteiger partial charge in [-0.05, 0) is 6.07 Å². The standard InChI is InChI=1S/C12H11N3O4/c16-9-4-2-1-3-7(9)5-13-10(17)8-6-14-12(19)15-11(8)18/h1-4,6,16H,5H2,(H,13,17)(H2,14,15,18,19). The largest absolute Gasteiger partial charge is 0.508 e. The molecule has 2 aromatic rings. The number of aromatic hydroxyl groups is 1. The highest BCUT2D eigenvalue weighted by atomic mass is 16.3. The Morgan fingerprint density at radius 3 is 2.68 bits per heavy atom. The van der Waals surface area contributed by atoms with Gasteiger partial charge in [0.15, 0.2) is 0 Å². The highest BCUT2D eigenvalue weighted by Crippen LogP contribution is 2.14. The quantitative estimate of drug-likeness (QED) is 0.607. The fourth-order valence-electron chi connectivity index (χ4n) is 1.51. The molecule has 7 nitrogen and oxygen atoms in total. The second-order valence-corrected chi connectivity index (χ2v) is 3.80. The molecule has 19 heavy (non-hydrogen) atoms. The molecule has 4 N–H and O–H groups in total. The SMILES string of the molecule is O=C(NCc1ccccc1O)c1c[nH]c(=O)[nH]c1=O. The van der Waals surface area contributed by atoms with Crippen LogP contribution in [0.2, 0.25) is 0 Å². The smallest absolute Gasteiger partial charge is 0.325 e. The Morgan fingerprint density at radius 1 is 1.26 bits per heavy atom. The summed E-state index contributed by atoms with van der Waals surface area (Å²) in [5.74, 6) is -0.584. The average Bonchev–Trinajstić information content (AvgIpc) is 2.37. The van der Waals surface area contributed by atoms with Crippen molar-refractivity contribution in [3.63, 3.8) is 0 Å². The summed E-state index contributed by atoms with van der Waals surface area (Å²) in [4.78, 5) is 38.1. The van der Waals surface area contributed by atoms with Crippen LogP contribution in [0.15, 0.2) is 40.1 Å². The molecule has 0 atom stereocenters. The summed E-state index contributed by atoms with van der Waals surface area (Å²) in [5, 5.41) is 12.0. The van der Waals surface area contributed by atoms with Gasteiger partial charge in [-0.25, -0.2) is 4.79 Å². The molecule has 1 aromatic heterocycles. The maximum atomic E-state index is 11.7. The summed E-state index contributed by atoms with van der Waals surface area (Å²) in [5.41, 5.74) is -1.12. The van der Waals surface area contributed by atoms with Crippen molar-refractivity contribution in [2.24, 2.45) is 0 Å². The third kappa shape index (κ3) is 2.89. The van der Waals surface area contributed by atoms with Crippen LogP contribution in [0.25, 0.3) is 0 Å².